The molecule has 86 valence electrons. The van der Waals surface area contributed by atoms with Gasteiger partial charge in [-0.05, 0) is 61.4 Å². The summed E-state index contributed by atoms with van der Waals surface area (Å²) in [6, 6.07) is 2.21. The third kappa shape index (κ3) is 5.66. The first-order chi connectivity index (χ1) is 7.22. The molecule has 1 aromatic heterocycles. The van der Waals surface area contributed by atoms with Crippen molar-refractivity contribution in [1.82, 2.24) is 4.90 Å². The second kappa shape index (κ2) is 7.39. The van der Waals surface area contributed by atoms with Crippen LogP contribution in [0.4, 0.5) is 0 Å². The minimum absolute atomic E-state index is 0.811. The van der Waals surface area contributed by atoms with Crippen LogP contribution in [0.5, 0.6) is 0 Å². The van der Waals surface area contributed by atoms with Crippen molar-refractivity contribution in [2.75, 3.05) is 26.7 Å². The molecule has 0 aliphatic carbocycles. The van der Waals surface area contributed by atoms with Gasteiger partial charge in [0.2, 0.25) is 0 Å². The van der Waals surface area contributed by atoms with Crippen LogP contribution in [-0.4, -0.2) is 31.6 Å². The van der Waals surface area contributed by atoms with Gasteiger partial charge in [-0.25, -0.2) is 0 Å². The van der Waals surface area contributed by atoms with Crippen LogP contribution in [0.25, 0.3) is 0 Å². The Balaban J connectivity index is 2.13. The minimum atomic E-state index is 0.811. The van der Waals surface area contributed by atoms with E-state index in [4.69, 9.17) is 5.73 Å². The Hall–Kier alpha value is 0.1000. The van der Waals surface area contributed by atoms with Gasteiger partial charge < -0.3 is 10.6 Å². The summed E-state index contributed by atoms with van der Waals surface area (Å²) in [5.41, 5.74) is 5.46. The molecule has 0 fully saturated rings. The number of halogens is 1. The van der Waals surface area contributed by atoms with Crippen molar-refractivity contribution in [1.29, 1.82) is 0 Å². The standard InChI is InChI=1S/C11H19BrN2S/c1-14(6-3-2-5-13)7-4-11-8-10(12)9-15-11/h8-9H,2-7,13H2,1H3. The van der Waals surface area contributed by atoms with Crippen molar-refractivity contribution < 1.29 is 0 Å². The second-order valence-corrected chi connectivity index (χ2v) is 5.69. The number of likely N-dealkylation sites (N-methyl/N-ethyl adjacent to an activating group) is 1. The molecular weight excluding hydrogens is 272 g/mol. The average Bonchev–Trinajstić information content (AvgIpc) is 2.62. The minimum Gasteiger partial charge on any atom is -0.330 e. The van der Waals surface area contributed by atoms with Gasteiger partial charge in [-0.3, -0.25) is 0 Å². The van der Waals surface area contributed by atoms with Gasteiger partial charge in [-0.2, -0.15) is 0 Å². The molecule has 1 aromatic rings. The van der Waals surface area contributed by atoms with Crippen molar-refractivity contribution in [3.05, 3.63) is 20.8 Å². The Morgan fingerprint density at radius 3 is 2.80 bits per heavy atom. The van der Waals surface area contributed by atoms with Crippen LogP contribution >= 0.6 is 27.3 Å². The molecule has 0 spiro atoms. The molecule has 1 rings (SSSR count). The van der Waals surface area contributed by atoms with Crippen molar-refractivity contribution in [2.24, 2.45) is 5.73 Å². The van der Waals surface area contributed by atoms with Crippen molar-refractivity contribution in [3.8, 4) is 0 Å². The van der Waals surface area contributed by atoms with E-state index < -0.39 is 0 Å². The third-order valence-electron chi connectivity index (χ3n) is 2.36. The van der Waals surface area contributed by atoms with E-state index in [0.717, 1.165) is 32.5 Å². The van der Waals surface area contributed by atoms with Crippen LogP contribution < -0.4 is 5.73 Å². The van der Waals surface area contributed by atoms with E-state index in [9.17, 15) is 0 Å². The molecule has 0 unspecified atom stereocenters. The summed E-state index contributed by atoms with van der Waals surface area (Å²) < 4.78 is 1.20. The third-order valence-corrected chi connectivity index (χ3v) is 4.11. The van der Waals surface area contributed by atoms with Gasteiger partial charge in [-0.15, -0.1) is 11.3 Å². The lowest BCUT2D eigenvalue weighted by Gasteiger charge is -2.15. The van der Waals surface area contributed by atoms with E-state index in [1.54, 1.807) is 0 Å². The van der Waals surface area contributed by atoms with Crippen LogP contribution in [-0.2, 0) is 6.42 Å². The molecule has 0 saturated carbocycles. The van der Waals surface area contributed by atoms with Gasteiger partial charge in [0, 0.05) is 21.3 Å². The Labute approximate surface area is 105 Å². The summed E-state index contributed by atoms with van der Waals surface area (Å²) in [4.78, 5) is 3.83. The summed E-state index contributed by atoms with van der Waals surface area (Å²) in [7, 11) is 2.18. The van der Waals surface area contributed by atoms with Gasteiger partial charge in [0.1, 0.15) is 0 Å². The number of nitrogens with two attached hydrogens (primary N) is 1. The largest absolute Gasteiger partial charge is 0.330 e. The number of unbranched alkanes of at least 4 members (excludes halogenated alkanes) is 1. The highest BCUT2D eigenvalue weighted by Gasteiger charge is 2.01. The lowest BCUT2D eigenvalue weighted by atomic mass is 10.3. The summed E-state index contributed by atoms with van der Waals surface area (Å²) in [6.45, 7) is 3.10. The summed E-state index contributed by atoms with van der Waals surface area (Å²) in [5, 5.41) is 2.14. The highest BCUT2D eigenvalue weighted by atomic mass is 79.9. The zero-order chi connectivity index (χ0) is 11.1. The molecule has 15 heavy (non-hydrogen) atoms. The number of hydrogen-bond donors (Lipinski definition) is 1. The van der Waals surface area contributed by atoms with Crippen LogP contribution in [0.2, 0.25) is 0 Å². The van der Waals surface area contributed by atoms with Crippen LogP contribution in [0.3, 0.4) is 0 Å². The van der Waals surface area contributed by atoms with Crippen LogP contribution in [0, 0.1) is 0 Å². The number of rotatable bonds is 7. The average molecular weight is 291 g/mol. The molecule has 0 aliphatic rings. The molecule has 0 atom stereocenters. The number of hydrogen-bond acceptors (Lipinski definition) is 3. The Morgan fingerprint density at radius 2 is 2.20 bits per heavy atom. The predicted molar refractivity (Wildman–Crippen MR) is 71.5 cm³/mol. The number of thiophene rings is 1. The van der Waals surface area contributed by atoms with Crippen molar-refractivity contribution >= 4 is 27.3 Å². The molecule has 0 radical (unpaired) electrons. The Bertz CT molecular complexity index is 275. The Morgan fingerprint density at radius 1 is 1.40 bits per heavy atom. The quantitative estimate of drug-likeness (QED) is 0.783. The topological polar surface area (TPSA) is 29.3 Å². The smallest absolute Gasteiger partial charge is 0.0285 e. The highest BCUT2D eigenvalue weighted by molar-refractivity contribution is 9.10. The summed E-state index contributed by atoms with van der Waals surface area (Å²) >= 11 is 5.30. The fourth-order valence-electron chi connectivity index (χ4n) is 1.42. The van der Waals surface area contributed by atoms with Crippen molar-refractivity contribution in [3.63, 3.8) is 0 Å². The Kier molecular flexibility index (Phi) is 6.48. The van der Waals surface area contributed by atoms with E-state index in [0.29, 0.717) is 0 Å². The maximum atomic E-state index is 5.46. The lowest BCUT2D eigenvalue weighted by Crippen LogP contribution is -2.22. The van der Waals surface area contributed by atoms with E-state index in [1.165, 1.54) is 15.8 Å². The van der Waals surface area contributed by atoms with E-state index in [-0.39, 0.29) is 0 Å². The van der Waals surface area contributed by atoms with E-state index in [2.05, 4.69) is 39.3 Å². The zero-order valence-electron chi connectivity index (χ0n) is 9.21. The maximum absolute atomic E-state index is 5.46. The normalized spacial score (nSPS) is 11.2. The van der Waals surface area contributed by atoms with Crippen molar-refractivity contribution in [2.45, 2.75) is 19.3 Å². The van der Waals surface area contributed by atoms with Crippen LogP contribution in [0.1, 0.15) is 17.7 Å². The van der Waals surface area contributed by atoms with Gasteiger partial charge in [0.15, 0.2) is 0 Å². The molecule has 2 N–H and O–H groups in total. The first-order valence-electron chi connectivity index (χ1n) is 5.34. The fraction of sp³-hybridized carbons (Fsp3) is 0.636. The fourth-order valence-corrected chi connectivity index (χ4v) is 2.87. The van der Waals surface area contributed by atoms with E-state index >= 15 is 0 Å². The van der Waals surface area contributed by atoms with Gasteiger partial charge in [0.25, 0.3) is 0 Å². The van der Waals surface area contributed by atoms with E-state index in [1.807, 2.05) is 11.3 Å². The monoisotopic (exact) mass is 290 g/mol. The molecule has 0 aliphatic heterocycles. The zero-order valence-corrected chi connectivity index (χ0v) is 11.6. The second-order valence-electron chi connectivity index (χ2n) is 3.78. The van der Waals surface area contributed by atoms with Gasteiger partial charge >= 0.3 is 0 Å². The molecule has 4 heteroatoms. The first kappa shape index (κ1) is 13.2. The lowest BCUT2D eigenvalue weighted by molar-refractivity contribution is 0.331. The summed E-state index contributed by atoms with van der Waals surface area (Å²) in [6.07, 6.45) is 3.49. The number of nitrogens with zero attached hydrogens (tertiary/aromatic N) is 1. The SMILES string of the molecule is CN(CCCCN)CCc1cc(Br)cs1. The maximum Gasteiger partial charge on any atom is 0.0285 e. The molecule has 0 saturated heterocycles. The molecule has 0 bridgehead atoms. The molecule has 2 nitrogen and oxygen atoms in total. The molecular formula is C11H19BrN2S. The summed E-state index contributed by atoms with van der Waals surface area (Å²) in [5.74, 6) is 0. The van der Waals surface area contributed by atoms with Gasteiger partial charge in [-0.1, -0.05) is 0 Å². The predicted octanol–water partition coefficient (Wildman–Crippen LogP) is 2.72. The first-order valence-corrected chi connectivity index (χ1v) is 7.01. The van der Waals surface area contributed by atoms with Crippen LogP contribution in [0.15, 0.2) is 15.9 Å². The highest BCUT2D eigenvalue weighted by Crippen LogP contribution is 2.20. The van der Waals surface area contributed by atoms with Gasteiger partial charge in [0.05, 0.1) is 0 Å². The molecule has 0 aromatic carbocycles. The molecule has 0 amide bonds. The molecule has 1 heterocycles.